The number of nitrogens with one attached hydrogen (secondary N) is 2. The highest BCUT2D eigenvalue weighted by molar-refractivity contribution is 5.96. The second kappa shape index (κ2) is 10.0. The molecule has 7 nitrogen and oxygen atoms in total. The maximum atomic E-state index is 12.9. The second-order valence-electron chi connectivity index (χ2n) is 8.81. The van der Waals surface area contributed by atoms with Gasteiger partial charge >= 0.3 is 0 Å². The number of ketones is 1. The van der Waals surface area contributed by atoms with Gasteiger partial charge in [-0.1, -0.05) is 39.0 Å². The molecule has 174 valence electrons. The Bertz CT molecular complexity index is 1070. The monoisotopic (exact) mass is 448 g/mol. The molecule has 0 saturated heterocycles. The second-order valence-corrected chi connectivity index (χ2v) is 8.81. The zero-order valence-electron chi connectivity index (χ0n) is 19.9. The number of allylic oxidation sites excluding steroid dienone is 1. The third kappa shape index (κ3) is 5.68. The summed E-state index contributed by atoms with van der Waals surface area (Å²) in [5.41, 5.74) is 4.29. The lowest BCUT2D eigenvalue weighted by molar-refractivity contribution is -0.119. The minimum absolute atomic E-state index is 0.0351. The van der Waals surface area contributed by atoms with Gasteiger partial charge in [-0.3, -0.25) is 19.3 Å². The fourth-order valence-electron chi connectivity index (χ4n) is 4.20. The van der Waals surface area contributed by atoms with Crippen LogP contribution in [-0.2, 0) is 19.8 Å². The molecule has 0 atom stereocenters. The molecule has 0 aromatic heterocycles. The van der Waals surface area contributed by atoms with Crippen LogP contribution >= 0.6 is 0 Å². The van der Waals surface area contributed by atoms with Crippen LogP contribution in [0.3, 0.4) is 0 Å². The van der Waals surface area contributed by atoms with E-state index in [0.29, 0.717) is 17.9 Å². The van der Waals surface area contributed by atoms with Crippen LogP contribution in [0.25, 0.3) is 0 Å². The van der Waals surface area contributed by atoms with Crippen molar-refractivity contribution < 1.29 is 14.4 Å². The fraction of sp³-hybridized carbons (Fsp3) is 0.346. The quantitative estimate of drug-likeness (QED) is 0.601. The van der Waals surface area contributed by atoms with Gasteiger partial charge in [0.25, 0.3) is 0 Å². The van der Waals surface area contributed by atoms with Gasteiger partial charge in [0, 0.05) is 48.2 Å². The zero-order valence-corrected chi connectivity index (χ0v) is 19.9. The molecule has 0 saturated carbocycles. The first-order chi connectivity index (χ1) is 15.6. The number of hydrogen-bond acceptors (Lipinski definition) is 5. The summed E-state index contributed by atoms with van der Waals surface area (Å²) in [4.78, 5) is 40.4. The number of amides is 2. The molecule has 0 unspecified atom stereocenters. The van der Waals surface area contributed by atoms with Crippen LogP contribution in [0, 0.1) is 0 Å². The Morgan fingerprint density at radius 3 is 2.15 bits per heavy atom. The number of anilines is 3. The van der Waals surface area contributed by atoms with Gasteiger partial charge in [-0.2, -0.15) is 0 Å². The number of carbonyl (C=O) groups excluding carboxylic acids is 3. The van der Waals surface area contributed by atoms with E-state index >= 15 is 0 Å². The van der Waals surface area contributed by atoms with Gasteiger partial charge in [0.05, 0.1) is 13.1 Å². The van der Waals surface area contributed by atoms with Crippen LogP contribution in [0.5, 0.6) is 0 Å². The molecule has 0 aliphatic carbocycles. The lowest BCUT2D eigenvalue weighted by atomic mass is 9.83. The normalized spacial score (nSPS) is 15.5. The smallest absolute Gasteiger partial charge is 0.238 e. The summed E-state index contributed by atoms with van der Waals surface area (Å²) >= 11 is 0. The predicted molar refractivity (Wildman–Crippen MR) is 132 cm³/mol. The molecule has 7 heteroatoms. The highest BCUT2D eigenvalue weighted by Gasteiger charge is 2.38. The SMILES string of the molecule is CCN(CC(=O)/C=C1/N(C)c2ccccc2C1(C)C)CC(=O)Nc1ccc(NC(C)=O)cc1. The Hall–Kier alpha value is -3.45. The average molecular weight is 449 g/mol. The van der Waals surface area contributed by atoms with Gasteiger partial charge in [-0.15, -0.1) is 0 Å². The summed E-state index contributed by atoms with van der Waals surface area (Å²) in [6, 6.07) is 15.1. The van der Waals surface area contributed by atoms with Crippen molar-refractivity contribution in [3.05, 3.63) is 65.9 Å². The first kappa shape index (κ1) is 24.2. The predicted octanol–water partition coefficient (Wildman–Crippen LogP) is 3.79. The zero-order chi connectivity index (χ0) is 24.2. The Balaban J connectivity index is 1.61. The van der Waals surface area contributed by atoms with Gasteiger partial charge in [-0.05, 0) is 42.4 Å². The molecule has 1 aliphatic rings. The third-order valence-corrected chi connectivity index (χ3v) is 5.92. The fourth-order valence-corrected chi connectivity index (χ4v) is 4.20. The molecule has 33 heavy (non-hydrogen) atoms. The van der Waals surface area contributed by atoms with E-state index < -0.39 is 0 Å². The van der Waals surface area contributed by atoms with Crippen molar-refractivity contribution in [2.24, 2.45) is 0 Å². The highest BCUT2D eigenvalue weighted by Crippen LogP contribution is 2.46. The summed E-state index contributed by atoms with van der Waals surface area (Å²) in [5, 5.41) is 5.52. The summed E-state index contributed by atoms with van der Waals surface area (Å²) in [5.74, 6) is -0.386. The molecule has 1 heterocycles. The molecule has 2 N–H and O–H groups in total. The summed E-state index contributed by atoms with van der Waals surface area (Å²) in [7, 11) is 1.98. The molecular formula is C26H32N4O3. The van der Waals surface area contributed by atoms with Crippen molar-refractivity contribution in [1.82, 2.24) is 4.90 Å². The molecule has 2 amide bonds. The van der Waals surface area contributed by atoms with E-state index in [-0.39, 0.29) is 36.1 Å². The van der Waals surface area contributed by atoms with Crippen molar-refractivity contribution >= 4 is 34.7 Å². The lowest BCUT2D eigenvalue weighted by Gasteiger charge is -2.24. The topological polar surface area (TPSA) is 81.8 Å². The number of benzene rings is 2. The van der Waals surface area contributed by atoms with Crippen LogP contribution in [0.4, 0.5) is 17.1 Å². The summed E-state index contributed by atoms with van der Waals surface area (Å²) in [6.07, 6.45) is 1.71. The number of fused-ring (bicyclic) bond motifs is 1. The summed E-state index contributed by atoms with van der Waals surface area (Å²) < 4.78 is 0. The molecule has 2 aromatic rings. The van der Waals surface area contributed by atoms with Crippen LogP contribution in [0.2, 0.25) is 0 Å². The van der Waals surface area contributed by atoms with E-state index in [0.717, 1.165) is 11.4 Å². The Kier molecular flexibility index (Phi) is 7.33. The largest absolute Gasteiger partial charge is 0.347 e. The van der Waals surface area contributed by atoms with Crippen molar-refractivity contribution in [1.29, 1.82) is 0 Å². The molecular weight excluding hydrogens is 416 g/mol. The van der Waals surface area contributed by atoms with Crippen LogP contribution in [0.15, 0.2) is 60.3 Å². The maximum absolute atomic E-state index is 12.9. The number of hydrogen-bond donors (Lipinski definition) is 2. The maximum Gasteiger partial charge on any atom is 0.238 e. The van der Waals surface area contributed by atoms with Crippen molar-refractivity contribution in [3.63, 3.8) is 0 Å². The first-order valence-electron chi connectivity index (χ1n) is 11.1. The summed E-state index contributed by atoms with van der Waals surface area (Å²) in [6.45, 7) is 8.46. The van der Waals surface area contributed by atoms with Crippen molar-refractivity contribution in [2.45, 2.75) is 33.1 Å². The van der Waals surface area contributed by atoms with Crippen molar-refractivity contribution in [3.8, 4) is 0 Å². The molecule has 3 rings (SSSR count). The standard InChI is InChI=1S/C26H32N4O3/c1-6-30(17-25(33)28-20-13-11-19(12-14-20)27-18(2)31)16-21(32)15-24-26(3,4)22-9-7-8-10-23(22)29(24)5/h7-15H,6,16-17H2,1-5H3,(H,27,31)(H,28,33)/b24-15+. The van der Waals surface area contributed by atoms with Gasteiger partial charge in [0.2, 0.25) is 11.8 Å². The van der Waals surface area contributed by atoms with Crippen LogP contribution in [-0.4, -0.2) is 49.2 Å². The molecule has 0 spiro atoms. The van der Waals surface area contributed by atoms with E-state index in [1.807, 2.05) is 31.0 Å². The van der Waals surface area contributed by atoms with Gasteiger partial charge in [0.1, 0.15) is 0 Å². The first-order valence-corrected chi connectivity index (χ1v) is 11.1. The van der Waals surface area contributed by atoms with E-state index in [4.69, 9.17) is 0 Å². The Morgan fingerprint density at radius 2 is 1.58 bits per heavy atom. The lowest BCUT2D eigenvalue weighted by Crippen LogP contribution is -2.37. The molecule has 0 radical (unpaired) electrons. The molecule has 1 aliphatic heterocycles. The number of nitrogens with zero attached hydrogens (tertiary/aromatic N) is 2. The van der Waals surface area contributed by atoms with E-state index in [1.54, 1.807) is 30.3 Å². The van der Waals surface area contributed by atoms with Crippen LogP contribution < -0.4 is 15.5 Å². The van der Waals surface area contributed by atoms with E-state index in [1.165, 1.54) is 12.5 Å². The van der Waals surface area contributed by atoms with E-state index in [2.05, 4.69) is 41.5 Å². The highest BCUT2D eigenvalue weighted by atomic mass is 16.2. The Morgan fingerprint density at radius 1 is 0.970 bits per heavy atom. The van der Waals surface area contributed by atoms with E-state index in [9.17, 15) is 14.4 Å². The number of rotatable bonds is 8. The van der Waals surface area contributed by atoms with Gasteiger partial charge < -0.3 is 15.5 Å². The van der Waals surface area contributed by atoms with Gasteiger partial charge in [-0.25, -0.2) is 0 Å². The molecule has 0 fully saturated rings. The van der Waals surface area contributed by atoms with Gasteiger partial charge in [0.15, 0.2) is 5.78 Å². The molecule has 2 aromatic carbocycles. The minimum atomic E-state index is -0.265. The van der Waals surface area contributed by atoms with Crippen molar-refractivity contribution in [2.75, 3.05) is 42.2 Å². The average Bonchev–Trinajstić information content (AvgIpc) is 2.95. The number of carbonyl (C=O) groups is 3. The number of likely N-dealkylation sites (N-methyl/N-ethyl adjacent to an activating group) is 2. The third-order valence-electron chi connectivity index (χ3n) is 5.92. The number of para-hydroxylation sites is 1. The minimum Gasteiger partial charge on any atom is -0.347 e. The van der Waals surface area contributed by atoms with Crippen LogP contribution in [0.1, 0.15) is 33.3 Å². The Labute approximate surface area is 195 Å². The molecule has 0 bridgehead atoms.